The van der Waals surface area contributed by atoms with Gasteiger partial charge < -0.3 is 14.7 Å². The molecule has 28 heavy (non-hydrogen) atoms. The molecule has 1 unspecified atom stereocenters. The van der Waals surface area contributed by atoms with Crippen molar-refractivity contribution in [2.45, 2.75) is 45.2 Å². The molecule has 0 aliphatic carbocycles. The number of phenolic OH excluding ortho intramolecular Hbond substituents is 1. The molecular weight excluding hydrogens is 372 g/mol. The Balaban J connectivity index is 1.56. The highest BCUT2D eigenvalue weighted by molar-refractivity contribution is 6.32. The molecule has 2 fully saturated rings. The van der Waals surface area contributed by atoms with Gasteiger partial charge in [-0.2, -0.15) is 0 Å². The quantitative estimate of drug-likeness (QED) is 0.778. The molecule has 1 N–H and O–H groups in total. The lowest BCUT2D eigenvalue weighted by molar-refractivity contribution is 0.0712. The summed E-state index contributed by atoms with van der Waals surface area (Å²) in [5, 5.41) is 10.7. The van der Waals surface area contributed by atoms with Crippen LogP contribution in [0.4, 0.5) is 5.69 Å². The van der Waals surface area contributed by atoms with Gasteiger partial charge in [-0.1, -0.05) is 17.7 Å². The van der Waals surface area contributed by atoms with E-state index >= 15 is 0 Å². The Hall–Kier alpha value is -1.91. The van der Waals surface area contributed by atoms with E-state index < -0.39 is 0 Å². The molecule has 5 heteroatoms. The molecule has 0 spiro atoms. The minimum absolute atomic E-state index is 0.398. The summed E-state index contributed by atoms with van der Waals surface area (Å²) in [7, 11) is 1.66. The number of benzene rings is 2. The predicted molar refractivity (Wildman–Crippen MR) is 115 cm³/mol. The molecule has 150 valence electrons. The Labute approximate surface area is 172 Å². The standard InChI is InChI=1S/C23H29ClN2O2/c1-15-16(2)22(27)10-8-19(15)21-6-4-5-18-14-25(11-12-26(18)21)17-7-9-20(24)23(13-17)28-3/h7-10,13,18,21,27H,4-6,11-12,14H2,1-3H3/t18?,21-/m1/s1. The van der Waals surface area contributed by atoms with Crippen molar-refractivity contribution in [1.29, 1.82) is 0 Å². The molecule has 2 saturated heterocycles. The topological polar surface area (TPSA) is 35.9 Å². The first-order valence-electron chi connectivity index (χ1n) is 10.1. The summed E-state index contributed by atoms with van der Waals surface area (Å²) >= 11 is 6.20. The van der Waals surface area contributed by atoms with E-state index in [1.165, 1.54) is 36.1 Å². The normalized spacial score (nSPS) is 22.8. The molecule has 2 atom stereocenters. The van der Waals surface area contributed by atoms with Gasteiger partial charge in [0.2, 0.25) is 0 Å². The molecule has 2 aliphatic rings. The van der Waals surface area contributed by atoms with Crippen LogP contribution in [-0.2, 0) is 0 Å². The van der Waals surface area contributed by atoms with Crippen molar-refractivity contribution in [3.8, 4) is 11.5 Å². The maximum Gasteiger partial charge on any atom is 0.139 e. The van der Waals surface area contributed by atoms with E-state index in [1.54, 1.807) is 7.11 Å². The molecule has 0 saturated carbocycles. The molecule has 0 aromatic heterocycles. The van der Waals surface area contributed by atoms with Crippen molar-refractivity contribution in [3.05, 3.63) is 52.0 Å². The van der Waals surface area contributed by atoms with Crippen LogP contribution in [0.5, 0.6) is 11.5 Å². The number of piperazine rings is 1. The van der Waals surface area contributed by atoms with Crippen LogP contribution in [0.1, 0.15) is 42.0 Å². The molecule has 4 rings (SSSR count). The SMILES string of the molecule is COc1cc(N2CCN3C(CCC[C@@H]3c3ccc(O)c(C)c3C)C2)ccc1Cl. The fourth-order valence-electron chi connectivity index (χ4n) is 4.85. The number of halogens is 1. The highest BCUT2D eigenvalue weighted by atomic mass is 35.5. The van der Waals surface area contributed by atoms with Crippen LogP contribution in [0.2, 0.25) is 5.02 Å². The fourth-order valence-corrected chi connectivity index (χ4v) is 5.05. The van der Waals surface area contributed by atoms with Gasteiger partial charge in [-0.3, -0.25) is 4.90 Å². The van der Waals surface area contributed by atoms with E-state index in [4.69, 9.17) is 16.3 Å². The molecule has 4 nitrogen and oxygen atoms in total. The van der Waals surface area contributed by atoms with E-state index in [0.717, 1.165) is 30.9 Å². The fraction of sp³-hybridized carbons (Fsp3) is 0.478. The molecule has 2 aromatic rings. The molecule has 2 aliphatic heterocycles. The van der Waals surface area contributed by atoms with Gasteiger partial charge in [0.25, 0.3) is 0 Å². The number of fused-ring (bicyclic) bond motifs is 1. The number of ether oxygens (including phenoxy) is 1. The van der Waals surface area contributed by atoms with Crippen LogP contribution in [0, 0.1) is 13.8 Å². The number of aromatic hydroxyl groups is 1. The van der Waals surface area contributed by atoms with Crippen LogP contribution in [0.25, 0.3) is 0 Å². The van der Waals surface area contributed by atoms with Gasteiger partial charge in [0, 0.05) is 43.5 Å². The average molecular weight is 401 g/mol. The molecule has 2 heterocycles. The van der Waals surface area contributed by atoms with Crippen molar-refractivity contribution in [1.82, 2.24) is 4.90 Å². The van der Waals surface area contributed by atoms with Gasteiger partial charge in [0.1, 0.15) is 11.5 Å². The van der Waals surface area contributed by atoms with Crippen molar-refractivity contribution >= 4 is 17.3 Å². The molecule has 2 aromatic carbocycles. The zero-order valence-corrected chi connectivity index (χ0v) is 17.7. The molecule has 0 amide bonds. The van der Waals surface area contributed by atoms with Crippen molar-refractivity contribution in [2.24, 2.45) is 0 Å². The number of piperidine rings is 1. The number of methoxy groups -OCH3 is 1. The largest absolute Gasteiger partial charge is 0.508 e. The van der Waals surface area contributed by atoms with E-state index in [2.05, 4.69) is 28.9 Å². The molecular formula is C23H29ClN2O2. The third-order valence-electron chi connectivity index (χ3n) is 6.60. The Morgan fingerprint density at radius 1 is 1.07 bits per heavy atom. The third kappa shape index (κ3) is 3.44. The lowest BCUT2D eigenvalue weighted by atomic mass is 9.86. The van der Waals surface area contributed by atoms with Gasteiger partial charge >= 0.3 is 0 Å². The summed E-state index contributed by atoms with van der Waals surface area (Å²) in [6, 6.07) is 11.0. The van der Waals surface area contributed by atoms with Crippen LogP contribution >= 0.6 is 11.6 Å². The van der Waals surface area contributed by atoms with Crippen LogP contribution in [0.3, 0.4) is 0 Å². The summed E-state index contributed by atoms with van der Waals surface area (Å²) in [4.78, 5) is 5.14. The van der Waals surface area contributed by atoms with Gasteiger partial charge in [0.15, 0.2) is 0 Å². The highest BCUT2D eigenvalue weighted by Crippen LogP contribution is 2.40. The monoisotopic (exact) mass is 400 g/mol. The van der Waals surface area contributed by atoms with Gasteiger partial charge in [-0.25, -0.2) is 0 Å². The summed E-state index contributed by atoms with van der Waals surface area (Å²) < 4.78 is 5.40. The summed E-state index contributed by atoms with van der Waals surface area (Å²) in [6.07, 6.45) is 3.66. The zero-order valence-electron chi connectivity index (χ0n) is 16.9. The van der Waals surface area contributed by atoms with Gasteiger partial charge in [0.05, 0.1) is 12.1 Å². The first-order valence-corrected chi connectivity index (χ1v) is 10.5. The number of hydrogen-bond donors (Lipinski definition) is 1. The number of hydrogen-bond acceptors (Lipinski definition) is 4. The summed E-state index contributed by atoms with van der Waals surface area (Å²) in [5.41, 5.74) is 4.79. The van der Waals surface area contributed by atoms with E-state index in [0.29, 0.717) is 22.9 Å². The third-order valence-corrected chi connectivity index (χ3v) is 6.92. The second-order valence-corrected chi connectivity index (χ2v) is 8.43. The average Bonchev–Trinajstić information content (AvgIpc) is 2.72. The van der Waals surface area contributed by atoms with E-state index in [-0.39, 0.29) is 0 Å². The van der Waals surface area contributed by atoms with E-state index in [1.807, 2.05) is 25.1 Å². The number of rotatable bonds is 3. The van der Waals surface area contributed by atoms with Crippen molar-refractivity contribution in [2.75, 3.05) is 31.6 Å². The van der Waals surface area contributed by atoms with Crippen molar-refractivity contribution < 1.29 is 9.84 Å². The highest BCUT2D eigenvalue weighted by Gasteiger charge is 2.36. The lowest BCUT2D eigenvalue weighted by Crippen LogP contribution is -2.56. The smallest absolute Gasteiger partial charge is 0.139 e. The van der Waals surface area contributed by atoms with Gasteiger partial charge in [-0.05, 0) is 68.0 Å². The van der Waals surface area contributed by atoms with E-state index in [9.17, 15) is 5.11 Å². The molecule has 0 bridgehead atoms. The second-order valence-electron chi connectivity index (χ2n) is 8.03. The first kappa shape index (κ1) is 19.4. The maximum atomic E-state index is 10.0. The minimum Gasteiger partial charge on any atom is -0.508 e. The lowest BCUT2D eigenvalue weighted by Gasteiger charge is -2.49. The zero-order chi connectivity index (χ0) is 19.8. The molecule has 0 radical (unpaired) electrons. The Kier molecular flexibility index (Phi) is 5.44. The Bertz CT molecular complexity index is 870. The van der Waals surface area contributed by atoms with Crippen LogP contribution in [0.15, 0.2) is 30.3 Å². The second kappa shape index (κ2) is 7.84. The Morgan fingerprint density at radius 2 is 1.89 bits per heavy atom. The number of phenols is 1. The van der Waals surface area contributed by atoms with Crippen molar-refractivity contribution in [3.63, 3.8) is 0 Å². The first-order chi connectivity index (χ1) is 13.5. The Morgan fingerprint density at radius 3 is 2.68 bits per heavy atom. The van der Waals surface area contributed by atoms with Gasteiger partial charge in [-0.15, -0.1) is 0 Å². The number of nitrogens with zero attached hydrogens (tertiary/aromatic N) is 2. The predicted octanol–water partition coefficient (Wildman–Crippen LogP) is 5.09. The summed E-state index contributed by atoms with van der Waals surface area (Å²) in [5.74, 6) is 1.13. The minimum atomic E-state index is 0.398. The van der Waals surface area contributed by atoms with Crippen LogP contribution < -0.4 is 9.64 Å². The summed E-state index contributed by atoms with van der Waals surface area (Å²) in [6.45, 7) is 7.22. The van der Waals surface area contributed by atoms with Crippen LogP contribution in [-0.4, -0.2) is 42.8 Å². The maximum absolute atomic E-state index is 10.0. The number of anilines is 1.